The van der Waals surface area contributed by atoms with Gasteiger partial charge < -0.3 is 5.11 Å². The average Bonchev–Trinajstić information content (AvgIpc) is 2.17. The molecule has 0 heterocycles. The molecule has 1 aliphatic carbocycles. The Morgan fingerprint density at radius 2 is 2.00 bits per heavy atom. The number of aliphatic hydroxyl groups is 1. The summed E-state index contributed by atoms with van der Waals surface area (Å²) in [6.07, 6.45) is 6.23. The van der Waals surface area contributed by atoms with E-state index < -0.39 is 5.60 Å². The molecule has 0 unspecified atom stereocenters. The molecule has 0 aliphatic heterocycles. The van der Waals surface area contributed by atoms with E-state index in [0.717, 1.165) is 19.3 Å². The third kappa shape index (κ3) is 2.40. The highest BCUT2D eigenvalue weighted by Crippen LogP contribution is 2.43. The van der Waals surface area contributed by atoms with Crippen LogP contribution in [-0.2, 0) is 0 Å². The molecule has 0 saturated heterocycles. The Balaban J connectivity index is 3.12. The molecule has 0 bridgehead atoms. The van der Waals surface area contributed by atoms with Gasteiger partial charge in [0.1, 0.15) is 0 Å². The van der Waals surface area contributed by atoms with Crippen molar-refractivity contribution >= 4 is 0 Å². The van der Waals surface area contributed by atoms with Gasteiger partial charge in [-0.3, -0.25) is 0 Å². The minimum absolute atomic E-state index is 0.178. The number of rotatable bonds is 3. The first-order chi connectivity index (χ1) is 7.43. The fourth-order valence-corrected chi connectivity index (χ4v) is 3.13. The van der Waals surface area contributed by atoms with E-state index in [9.17, 15) is 5.11 Å². The lowest BCUT2D eigenvalue weighted by molar-refractivity contribution is -0.00494. The largest absolute Gasteiger partial charge is 0.385 e. The predicted octanol–water partition coefficient (Wildman–Crippen LogP) is 4.09. The molecule has 2 atom stereocenters. The Bertz CT molecular complexity index is 284. The van der Waals surface area contributed by atoms with Crippen molar-refractivity contribution in [3.8, 4) is 0 Å². The quantitative estimate of drug-likeness (QED) is 0.713. The van der Waals surface area contributed by atoms with Gasteiger partial charge in [0, 0.05) is 5.92 Å². The first-order valence-corrected chi connectivity index (χ1v) is 6.45. The third-order valence-electron chi connectivity index (χ3n) is 3.88. The zero-order valence-electron chi connectivity index (χ0n) is 11.2. The summed E-state index contributed by atoms with van der Waals surface area (Å²) in [5.74, 6) is 0.618. The summed E-state index contributed by atoms with van der Waals surface area (Å²) in [5.41, 5.74) is 1.92. The molecule has 1 saturated carbocycles. The van der Waals surface area contributed by atoms with E-state index in [-0.39, 0.29) is 5.92 Å². The van der Waals surface area contributed by atoms with Crippen molar-refractivity contribution < 1.29 is 5.11 Å². The van der Waals surface area contributed by atoms with Crippen LogP contribution in [0, 0.1) is 11.8 Å². The molecule has 1 heteroatoms. The topological polar surface area (TPSA) is 20.2 Å². The molecule has 1 fully saturated rings. The lowest BCUT2D eigenvalue weighted by Crippen LogP contribution is -2.43. The molecule has 1 aliphatic rings. The summed E-state index contributed by atoms with van der Waals surface area (Å²) in [6, 6.07) is 0. The molecule has 0 aromatic rings. The molecule has 16 heavy (non-hydrogen) atoms. The van der Waals surface area contributed by atoms with Crippen LogP contribution in [0.4, 0.5) is 0 Å². The molecule has 0 aromatic carbocycles. The molecule has 1 rings (SSSR count). The van der Waals surface area contributed by atoms with Gasteiger partial charge >= 0.3 is 0 Å². The van der Waals surface area contributed by atoms with Crippen molar-refractivity contribution in [3.63, 3.8) is 0 Å². The van der Waals surface area contributed by atoms with Crippen molar-refractivity contribution in [2.45, 2.75) is 59.0 Å². The van der Waals surface area contributed by atoms with Crippen LogP contribution in [0.1, 0.15) is 53.4 Å². The standard InChI is InChI=1S/C15H26O/c1-6-13(11(2)3)15(16)10-8-7-9-14(15)12(4)5/h6,11,13,16H,1,7-10H2,2-5H3/t13-,15-/m0/s1. The fraction of sp³-hybridized carbons (Fsp3) is 0.733. The molecular weight excluding hydrogens is 196 g/mol. The van der Waals surface area contributed by atoms with Crippen molar-refractivity contribution in [3.05, 3.63) is 23.8 Å². The van der Waals surface area contributed by atoms with Crippen LogP contribution in [0.15, 0.2) is 23.8 Å². The zero-order chi connectivity index (χ0) is 12.3. The first kappa shape index (κ1) is 13.5. The van der Waals surface area contributed by atoms with Gasteiger partial charge in [0.15, 0.2) is 0 Å². The Morgan fingerprint density at radius 1 is 1.38 bits per heavy atom. The summed E-state index contributed by atoms with van der Waals surface area (Å²) < 4.78 is 0. The first-order valence-electron chi connectivity index (χ1n) is 6.45. The highest BCUT2D eigenvalue weighted by Gasteiger charge is 2.41. The van der Waals surface area contributed by atoms with Gasteiger partial charge in [-0.1, -0.05) is 25.5 Å². The van der Waals surface area contributed by atoms with E-state index in [0.29, 0.717) is 5.92 Å². The normalized spacial score (nSPS) is 28.0. The van der Waals surface area contributed by atoms with Crippen LogP contribution in [0.5, 0.6) is 0 Å². The van der Waals surface area contributed by atoms with Crippen LogP contribution >= 0.6 is 0 Å². The van der Waals surface area contributed by atoms with Crippen LogP contribution in [0.25, 0.3) is 0 Å². The van der Waals surface area contributed by atoms with Gasteiger partial charge in [0.25, 0.3) is 0 Å². The third-order valence-corrected chi connectivity index (χ3v) is 3.88. The zero-order valence-corrected chi connectivity index (χ0v) is 11.2. The van der Waals surface area contributed by atoms with Crippen LogP contribution in [-0.4, -0.2) is 10.7 Å². The summed E-state index contributed by atoms with van der Waals surface area (Å²) in [6.45, 7) is 12.5. The summed E-state index contributed by atoms with van der Waals surface area (Å²) in [7, 11) is 0. The Kier molecular flexibility index (Phi) is 4.37. The van der Waals surface area contributed by atoms with Crippen molar-refractivity contribution in [2.75, 3.05) is 0 Å². The summed E-state index contributed by atoms with van der Waals surface area (Å²) in [5, 5.41) is 11.0. The van der Waals surface area contributed by atoms with E-state index >= 15 is 0 Å². The van der Waals surface area contributed by atoms with Gasteiger partial charge in [-0.25, -0.2) is 0 Å². The van der Waals surface area contributed by atoms with Gasteiger partial charge in [-0.05, 0) is 51.0 Å². The summed E-state index contributed by atoms with van der Waals surface area (Å²) in [4.78, 5) is 0. The maximum Gasteiger partial charge on any atom is 0.0923 e. The minimum atomic E-state index is -0.632. The van der Waals surface area contributed by atoms with Crippen LogP contribution in [0.2, 0.25) is 0 Å². The molecule has 0 aromatic heterocycles. The average molecular weight is 222 g/mol. The monoisotopic (exact) mass is 222 g/mol. The second-order valence-electron chi connectivity index (χ2n) is 5.62. The van der Waals surface area contributed by atoms with Crippen molar-refractivity contribution in [1.29, 1.82) is 0 Å². The van der Waals surface area contributed by atoms with E-state index in [2.05, 4.69) is 34.3 Å². The lowest BCUT2D eigenvalue weighted by Gasteiger charge is -2.43. The minimum Gasteiger partial charge on any atom is -0.385 e. The van der Waals surface area contributed by atoms with E-state index in [1.54, 1.807) is 0 Å². The highest BCUT2D eigenvalue weighted by molar-refractivity contribution is 5.27. The number of hydrogen-bond acceptors (Lipinski definition) is 1. The molecular formula is C15H26O. The molecule has 1 N–H and O–H groups in total. The highest BCUT2D eigenvalue weighted by atomic mass is 16.3. The van der Waals surface area contributed by atoms with E-state index in [1.807, 2.05) is 6.08 Å². The fourth-order valence-electron chi connectivity index (χ4n) is 3.13. The van der Waals surface area contributed by atoms with Crippen molar-refractivity contribution in [1.82, 2.24) is 0 Å². The van der Waals surface area contributed by atoms with Gasteiger partial charge in [-0.2, -0.15) is 0 Å². The van der Waals surface area contributed by atoms with Crippen LogP contribution in [0.3, 0.4) is 0 Å². The second-order valence-corrected chi connectivity index (χ2v) is 5.62. The molecule has 1 nitrogen and oxygen atoms in total. The van der Waals surface area contributed by atoms with Gasteiger partial charge in [0.2, 0.25) is 0 Å². The Labute approximate surface area is 100 Å². The molecule has 0 spiro atoms. The number of hydrogen-bond donors (Lipinski definition) is 1. The molecule has 92 valence electrons. The SMILES string of the molecule is C=C[C@@H](C(C)C)[C@@]1(O)CCCCC1=C(C)C. The lowest BCUT2D eigenvalue weighted by atomic mass is 9.67. The maximum absolute atomic E-state index is 11.0. The van der Waals surface area contributed by atoms with E-state index in [4.69, 9.17) is 0 Å². The van der Waals surface area contributed by atoms with Crippen molar-refractivity contribution in [2.24, 2.45) is 11.8 Å². The smallest absolute Gasteiger partial charge is 0.0923 e. The predicted molar refractivity (Wildman–Crippen MR) is 70.3 cm³/mol. The van der Waals surface area contributed by atoms with Crippen LogP contribution < -0.4 is 0 Å². The maximum atomic E-state index is 11.0. The summed E-state index contributed by atoms with van der Waals surface area (Å²) >= 11 is 0. The van der Waals surface area contributed by atoms with Gasteiger partial charge in [-0.15, -0.1) is 6.58 Å². The Hall–Kier alpha value is -0.560. The number of allylic oxidation sites excluding steroid dienone is 1. The van der Waals surface area contributed by atoms with E-state index in [1.165, 1.54) is 17.6 Å². The second kappa shape index (κ2) is 5.18. The molecule has 0 amide bonds. The molecule has 0 radical (unpaired) electrons. The van der Waals surface area contributed by atoms with Gasteiger partial charge in [0.05, 0.1) is 5.60 Å². The Morgan fingerprint density at radius 3 is 2.44 bits per heavy atom.